The Bertz CT molecular complexity index is 1050. The lowest BCUT2D eigenvalue weighted by molar-refractivity contribution is -0.123. The van der Waals surface area contributed by atoms with Crippen LogP contribution < -0.4 is 5.32 Å². The number of benzene rings is 1. The number of hydrogen-bond donors (Lipinski definition) is 1. The van der Waals surface area contributed by atoms with Crippen LogP contribution in [0.15, 0.2) is 30.9 Å². The highest BCUT2D eigenvalue weighted by atomic mass is 35.5. The third-order valence-corrected chi connectivity index (χ3v) is 4.29. The van der Waals surface area contributed by atoms with E-state index in [2.05, 4.69) is 15.5 Å². The monoisotopic (exact) mass is 415 g/mol. The standard InChI is InChI=1S/C17H14ClF4N5O/c1-17(2,27-6-9(18)4-24-27)16(28)25-10-5-23-26(7-10)8-11-12(19)3-13(20)15(22)14(11)21/h3-7H,8H2,1-2H3,(H,25,28). The van der Waals surface area contributed by atoms with Gasteiger partial charge in [0.1, 0.15) is 11.4 Å². The minimum Gasteiger partial charge on any atom is -0.321 e. The Morgan fingerprint density at radius 3 is 2.46 bits per heavy atom. The van der Waals surface area contributed by atoms with E-state index in [0.717, 1.165) is 4.68 Å². The molecule has 3 aromatic rings. The molecule has 11 heteroatoms. The molecule has 0 radical (unpaired) electrons. The van der Waals surface area contributed by atoms with Crippen molar-refractivity contribution in [2.24, 2.45) is 0 Å². The lowest BCUT2D eigenvalue weighted by Gasteiger charge is -2.23. The van der Waals surface area contributed by atoms with Crippen LogP contribution in [0.2, 0.25) is 5.02 Å². The number of halogens is 5. The van der Waals surface area contributed by atoms with Gasteiger partial charge in [0.2, 0.25) is 0 Å². The third-order valence-electron chi connectivity index (χ3n) is 4.10. The van der Waals surface area contributed by atoms with Crippen molar-refractivity contribution in [2.75, 3.05) is 5.32 Å². The van der Waals surface area contributed by atoms with Crippen molar-refractivity contribution in [3.05, 3.63) is 64.7 Å². The first-order valence-corrected chi connectivity index (χ1v) is 8.34. The molecule has 2 heterocycles. The molecule has 3 rings (SSSR count). The molecule has 1 N–H and O–H groups in total. The SMILES string of the molecule is CC(C)(C(=O)Nc1cnn(Cc2c(F)cc(F)c(F)c2F)c1)n1cc(Cl)cn1. The first-order valence-electron chi connectivity index (χ1n) is 7.96. The average Bonchev–Trinajstić information content (AvgIpc) is 3.26. The Morgan fingerprint density at radius 1 is 1.11 bits per heavy atom. The van der Waals surface area contributed by atoms with Gasteiger partial charge in [0.25, 0.3) is 5.91 Å². The first kappa shape index (κ1) is 19.9. The molecule has 6 nitrogen and oxygen atoms in total. The summed E-state index contributed by atoms with van der Waals surface area (Å²) >= 11 is 5.82. The largest absolute Gasteiger partial charge is 0.321 e. The Labute approximate surface area is 161 Å². The number of carbonyl (C=O) groups is 1. The number of carbonyl (C=O) groups excluding carboxylic acids is 1. The van der Waals surface area contributed by atoms with E-state index in [0.29, 0.717) is 5.02 Å². The van der Waals surface area contributed by atoms with Gasteiger partial charge in [0.05, 0.1) is 29.6 Å². The van der Waals surface area contributed by atoms with E-state index >= 15 is 0 Å². The molecule has 1 aromatic carbocycles. The second kappa shape index (κ2) is 7.27. The summed E-state index contributed by atoms with van der Waals surface area (Å²) in [6.45, 7) is 2.73. The summed E-state index contributed by atoms with van der Waals surface area (Å²) in [7, 11) is 0. The van der Waals surface area contributed by atoms with Crippen LogP contribution in [0.4, 0.5) is 23.2 Å². The lowest BCUT2D eigenvalue weighted by atomic mass is 10.1. The molecule has 2 aromatic heterocycles. The minimum atomic E-state index is -1.77. The van der Waals surface area contributed by atoms with Crippen molar-refractivity contribution < 1.29 is 22.4 Å². The zero-order valence-corrected chi connectivity index (χ0v) is 15.4. The fraction of sp³-hybridized carbons (Fsp3) is 0.235. The molecule has 0 spiro atoms. The van der Waals surface area contributed by atoms with Gasteiger partial charge < -0.3 is 5.32 Å². The Kier molecular flexibility index (Phi) is 5.16. The highest BCUT2D eigenvalue weighted by Gasteiger charge is 2.31. The van der Waals surface area contributed by atoms with E-state index in [1.165, 1.54) is 29.5 Å². The molecule has 0 fully saturated rings. The number of anilines is 1. The van der Waals surface area contributed by atoms with Gasteiger partial charge in [0.15, 0.2) is 17.5 Å². The van der Waals surface area contributed by atoms with Crippen LogP contribution in [0, 0.1) is 23.3 Å². The highest BCUT2D eigenvalue weighted by molar-refractivity contribution is 6.30. The maximum atomic E-state index is 13.8. The average molecular weight is 416 g/mol. The van der Waals surface area contributed by atoms with Crippen molar-refractivity contribution in [1.29, 1.82) is 0 Å². The van der Waals surface area contributed by atoms with Crippen molar-refractivity contribution in [1.82, 2.24) is 19.6 Å². The molecule has 28 heavy (non-hydrogen) atoms. The van der Waals surface area contributed by atoms with Gasteiger partial charge in [-0.2, -0.15) is 10.2 Å². The van der Waals surface area contributed by atoms with Crippen LogP contribution in [0.25, 0.3) is 0 Å². The van der Waals surface area contributed by atoms with Crippen LogP contribution in [0.1, 0.15) is 19.4 Å². The third kappa shape index (κ3) is 3.72. The van der Waals surface area contributed by atoms with E-state index in [4.69, 9.17) is 11.6 Å². The van der Waals surface area contributed by atoms with E-state index in [1.54, 1.807) is 13.8 Å². The second-order valence-electron chi connectivity index (χ2n) is 6.49. The normalized spacial score (nSPS) is 11.7. The smallest absolute Gasteiger partial charge is 0.251 e. The quantitative estimate of drug-likeness (QED) is 0.392. The maximum Gasteiger partial charge on any atom is 0.251 e. The lowest BCUT2D eigenvalue weighted by Crippen LogP contribution is -2.40. The van der Waals surface area contributed by atoms with Gasteiger partial charge in [-0.3, -0.25) is 14.2 Å². The highest BCUT2D eigenvalue weighted by Crippen LogP contribution is 2.22. The molecule has 0 saturated heterocycles. The van der Waals surface area contributed by atoms with E-state index in [9.17, 15) is 22.4 Å². The van der Waals surface area contributed by atoms with Crippen LogP contribution in [-0.2, 0) is 16.9 Å². The molecule has 0 aliphatic carbocycles. The number of nitrogens with one attached hydrogen (secondary N) is 1. The number of nitrogens with zero attached hydrogens (tertiary/aromatic N) is 4. The van der Waals surface area contributed by atoms with Crippen LogP contribution >= 0.6 is 11.6 Å². The summed E-state index contributed by atoms with van der Waals surface area (Å²) in [5.41, 5.74) is -1.54. The van der Waals surface area contributed by atoms with Crippen LogP contribution in [0.3, 0.4) is 0 Å². The topological polar surface area (TPSA) is 64.7 Å². The predicted octanol–water partition coefficient (Wildman–Crippen LogP) is 3.71. The minimum absolute atomic E-state index is 0.236. The molecule has 0 saturated carbocycles. The van der Waals surface area contributed by atoms with Gasteiger partial charge in [-0.25, -0.2) is 17.6 Å². The summed E-state index contributed by atoms with van der Waals surface area (Å²) in [6.07, 6.45) is 5.42. The zero-order valence-electron chi connectivity index (χ0n) is 14.7. The molecule has 0 atom stereocenters. The number of amides is 1. The molecular weight excluding hydrogens is 402 g/mol. The molecule has 1 amide bonds. The van der Waals surface area contributed by atoms with Crippen molar-refractivity contribution in [2.45, 2.75) is 25.9 Å². The summed E-state index contributed by atoms with van der Waals surface area (Å²) < 4.78 is 56.3. The Balaban J connectivity index is 1.76. The number of aromatic nitrogens is 4. The van der Waals surface area contributed by atoms with Crippen molar-refractivity contribution in [3.8, 4) is 0 Å². The molecule has 0 aliphatic heterocycles. The van der Waals surface area contributed by atoms with E-state index < -0.39 is 46.8 Å². The van der Waals surface area contributed by atoms with Gasteiger partial charge >= 0.3 is 0 Å². The zero-order chi connectivity index (χ0) is 20.6. The van der Waals surface area contributed by atoms with Crippen LogP contribution in [-0.4, -0.2) is 25.5 Å². The summed E-state index contributed by atoms with van der Waals surface area (Å²) in [5.74, 6) is -6.70. The summed E-state index contributed by atoms with van der Waals surface area (Å²) in [6, 6.07) is 0.262. The van der Waals surface area contributed by atoms with Gasteiger partial charge in [-0.1, -0.05) is 11.6 Å². The maximum absolute atomic E-state index is 13.8. The molecule has 0 bridgehead atoms. The molecule has 0 unspecified atom stereocenters. The van der Waals surface area contributed by atoms with Gasteiger partial charge in [-0.15, -0.1) is 0 Å². The first-order chi connectivity index (χ1) is 13.1. The summed E-state index contributed by atoms with van der Waals surface area (Å²) in [5, 5.41) is 10.8. The Hall–Kier alpha value is -2.88. The van der Waals surface area contributed by atoms with Crippen molar-refractivity contribution in [3.63, 3.8) is 0 Å². The number of rotatable bonds is 5. The predicted molar refractivity (Wildman–Crippen MR) is 92.8 cm³/mol. The fourth-order valence-electron chi connectivity index (χ4n) is 2.42. The molecular formula is C17H14ClF4N5O. The fourth-order valence-corrected chi connectivity index (χ4v) is 2.56. The Morgan fingerprint density at radius 2 is 1.82 bits per heavy atom. The molecule has 148 valence electrons. The van der Waals surface area contributed by atoms with Crippen molar-refractivity contribution >= 4 is 23.2 Å². The second-order valence-corrected chi connectivity index (χ2v) is 6.93. The summed E-state index contributed by atoms with van der Waals surface area (Å²) in [4.78, 5) is 12.5. The molecule has 0 aliphatic rings. The van der Waals surface area contributed by atoms with Gasteiger partial charge in [-0.05, 0) is 13.8 Å². The van der Waals surface area contributed by atoms with E-state index in [-0.39, 0.29) is 11.8 Å². The van der Waals surface area contributed by atoms with E-state index in [1.807, 2.05) is 0 Å². The number of hydrogen-bond acceptors (Lipinski definition) is 3. The van der Waals surface area contributed by atoms with Crippen LogP contribution in [0.5, 0.6) is 0 Å². The van der Waals surface area contributed by atoms with Gasteiger partial charge in [0, 0.05) is 24.0 Å².